The number of para-hydroxylation sites is 1. The quantitative estimate of drug-likeness (QED) is 0.268. The van der Waals surface area contributed by atoms with Gasteiger partial charge in [-0.15, -0.1) is 0 Å². The highest BCUT2D eigenvalue weighted by Gasteiger charge is 2.47. The average molecular weight is 467 g/mol. The van der Waals surface area contributed by atoms with Crippen LogP contribution in [0.25, 0.3) is 16.7 Å². The summed E-state index contributed by atoms with van der Waals surface area (Å²) in [7, 11) is 0. The van der Waals surface area contributed by atoms with E-state index in [-0.39, 0.29) is 17.9 Å². The highest BCUT2D eigenvalue weighted by atomic mass is 16.6. The first-order valence-corrected chi connectivity index (χ1v) is 11.2. The van der Waals surface area contributed by atoms with Crippen molar-refractivity contribution in [3.8, 4) is 11.5 Å². The molecule has 1 unspecified atom stereocenters. The van der Waals surface area contributed by atoms with E-state index >= 15 is 0 Å². The number of amides is 1. The molecule has 4 heterocycles. The van der Waals surface area contributed by atoms with Crippen molar-refractivity contribution >= 4 is 28.4 Å². The fourth-order valence-corrected chi connectivity index (χ4v) is 4.72. The zero-order chi connectivity index (χ0) is 23.9. The van der Waals surface area contributed by atoms with E-state index in [9.17, 15) is 14.7 Å². The molecule has 1 atom stereocenters. The summed E-state index contributed by atoms with van der Waals surface area (Å²) < 4.78 is 11.2. The van der Waals surface area contributed by atoms with E-state index in [1.807, 2.05) is 24.3 Å². The third kappa shape index (κ3) is 3.50. The zero-order valence-corrected chi connectivity index (χ0v) is 18.6. The first kappa shape index (κ1) is 21.0. The van der Waals surface area contributed by atoms with Gasteiger partial charge in [-0.2, -0.15) is 0 Å². The molecule has 1 amide bonds. The molecule has 0 radical (unpaired) electrons. The van der Waals surface area contributed by atoms with Crippen LogP contribution in [-0.4, -0.2) is 44.9 Å². The van der Waals surface area contributed by atoms with Gasteiger partial charge in [0.1, 0.15) is 19.0 Å². The molecule has 6 rings (SSSR count). The summed E-state index contributed by atoms with van der Waals surface area (Å²) in [5, 5.41) is 12.3. The van der Waals surface area contributed by atoms with Crippen molar-refractivity contribution in [2.24, 2.45) is 0 Å². The minimum atomic E-state index is -0.785. The molecule has 35 heavy (non-hydrogen) atoms. The molecule has 8 nitrogen and oxygen atoms in total. The van der Waals surface area contributed by atoms with Crippen LogP contribution in [0.5, 0.6) is 11.5 Å². The second-order valence-electron chi connectivity index (χ2n) is 8.43. The number of likely N-dealkylation sites (tertiary alicyclic amines) is 1. The van der Waals surface area contributed by atoms with E-state index < -0.39 is 17.7 Å². The number of aromatic amines is 1. The minimum Gasteiger partial charge on any atom is -0.507 e. The second kappa shape index (κ2) is 8.32. The van der Waals surface area contributed by atoms with Gasteiger partial charge in [0.2, 0.25) is 0 Å². The molecule has 0 bridgehead atoms. The van der Waals surface area contributed by atoms with E-state index in [0.29, 0.717) is 30.3 Å². The SMILES string of the molecule is O=C1C(=O)N(Cc2ccncc2)C(c2c[nH]c3ccccc23)/C1=C(\O)c1ccc2c(c1)OCCO2. The van der Waals surface area contributed by atoms with Crippen LogP contribution < -0.4 is 9.47 Å². The second-order valence-corrected chi connectivity index (χ2v) is 8.43. The fourth-order valence-electron chi connectivity index (χ4n) is 4.72. The van der Waals surface area contributed by atoms with Crippen LogP contribution in [0.3, 0.4) is 0 Å². The summed E-state index contributed by atoms with van der Waals surface area (Å²) in [4.78, 5) is 35.4. The standard InChI is InChI=1S/C27H21N3O5/c31-25(17-5-6-21-22(13-17)35-12-11-34-21)23-24(19-14-29-20-4-2-1-3-18(19)20)30(27(33)26(23)32)15-16-7-9-28-10-8-16/h1-10,13-14,24,29,31H,11-12,15H2/b25-23+. The van der Waals surface area contributed by atoms with Gasteiger partial charge < -0.3 is 24.5 Å². The lowest BCUT2D eigenvalue weighted by atomic mass is 9.94. The van der Waals surface area contributed by atoms with E-state index in [0.717, 1.165) is 22.0 Å². The summed E-state index contributed by atoms with van der Waals surface area (Å²) in [6.07, 6.45) is 5.07. The zero-order valence-electron chi connectivity index (χ0n) is 18.6. The van der Waals surface area contributed by atoms with Gasteiger partial charge in [0.25, 0.3) is 11.7 Å². The fraction of sp³-hybridized carbons (Fsp3) is 0.148. The predicted octanol–water partition coefficient (Wildman–Crippen LogP) is 3.96. The maximum absolute atomic E-state index is 13.4. The predicted molar refractivity (Wildman–Crippen MR) is 128 cm³/mol. The average Bonchev–Trinajstić information content (AvgIpc) is 3.43. The molecular formula is C27H21N3O5. The van der Waals surface area contributed by atoms with Gasteiger partial charge in [-0.1, -0.05) is 18.2 Å². The maximum atomic E-state index is 13.4. The molecule has 2 aromatic carbocycles. The minimum absolute atomic E-state index is 0.0329. The summed E-state index contributed by atoms with van der Waals surface area (Å²) in [5.74, 6) is -0.611. The summed E-state index contributed by atoms with van der Waals surface area (Å²) in [6, 6.07) is 15.5. The first-order valence-electron chi connectivity index (χ1n) is 11.2. The molecule has 2 N–H and O–H groups in total. The summed E-state index contributed by atoms with van der Waals surface area (Å²) >= 11 is 0. The van der Waals surface area contributed by atoms with Gasteiger partial charge in [-0.25, -0.2) is 0 Å². The Morgan fingerprint density at radius 2 is 1.80 bits per heavy atom. The van der Waals surface area contributed by atoms with Crippen molar-refractivity contribution in [2.45, 2.75) is 12.6 Å². The number of aliphatic hydroxyl groups is 1. The Balaban J connectivity index is 1.52. The van der Waals surface area contributed by atoms with Crippen LogP contribution >= 0.6 is 0 Å². The number of carbonyl (C=O) groups excluding carboxylic acids is 2. The molecule has 4 aromatic rings. The Bertz CT molecular complexity index is 1490. The number of aliphatic hydroxyl groups excluding tert-OH is 1. The first-order chi connectivity index (χ1) is 17.1. The van der Waals surface area contributed by atoms with Gasteiger partial charge >= 0.3 is 0 Å². The monoisotopic (exact) mass is 467 g/mol. The molecule has 2 aliphatic rings. The van der Waals surface area contributed by atoms with Crippen LogP contribution in [0.15, 0.2) is 78.8 Å². The lowest BCUT2D eigenvalue weighted by Gasteiger charge is -2.25. The van der Waals surface area contributed by atoms with Gasteiger partial charge in [0.05, 0.1) is 11.6 Å². The Kier molecular flexibility index (Phi) is 4.99. The van der Waals surface area contributed by atoms with Crippen molar-refractivity contribution < 1.29 is 24.2 Å². The number of H-pyrrole nitrogens is 1. The topological polar surface area (TPSA) is 105 Å². The lowest BCUT2D eigenvalue weighted by molar-refractivity contribution is -0.140. The largest absolute Gasteiger partial charge is 0.507 e. The number of ether oxygens (including phenoxy) is 2. The smallest absolute Gasteiger partial charge is 0.295 e. The normalized spacial score (nSPS) is 18.9. The number of nitrogens with one attached hydrogen (secondary N) is 1. The van der Waals surface area contributed by atoms with Gasteiger partial charge in [-0.3, -0.25) is 14.6 Å². The molecule has 0 aliphatic carbocycles. The maximum Gasteiger partial charge on any atom is 0.295 e. The summed E-state index contributed by atoms with van der Waals surface area (Å²) in [6.45, 7) is 1.02. The van der Waals surface area contributed by atoms with Crippen molar-refractivity contribution in [3.05, 3.63) is 95.5 Å². The van der Waals surface area contributed by atoms with Crippen LogP contribution in [0.2, 0.25) is 0 Å². The van der Waals surface area contributed by atoms with Crippen molar-refractivity contribution in [1.82, 2.24) is 14.9 Å². The molecule has 0 saturated carbocycles. The van der Waals surface area contributed by atoms with Crippen molar-refractivity contribution in [2.75, 3.05) is 13.2 Å². The lowest BCUT2D eigenvalue weighted by Crippen LogP contribution is -2.29. The number of benzene rings is 2. The number of ketones is 1. The molecule has 1 fully saturated rings. The Labute approximate surface area is 200 Å². The van der Waals surface area contributed by atoms with Crippen LogP contribution in [0.1, 0.15) is 22.7 Å². The van der Waals surface area contributed by atoms with Gasteiger partial charge in [-0.05, 0) is 42.0 Å². The number of hydrogen-bond acceptors (Lipinski definition) is 6. The van der Waals surface area contributed by atoms with Gasteiger partial charge in [0, 0.05) is 47.2 Å². The van der Waals surface area contributed by atoms with E-state index in [1.54, 1.807) is 48.9 Å². The Hall–Kier alpha value is -4.59. The molecule has 174 valence electrons. The molecule has 0 spiro atoms. The Morgan fingerprint density at radius 1 is 1.03 bits per heavy atom. The van der Waals surface area contributed by atoms with Crippen LogP contribution in [0.4, 0.5) is 0 Å². The summed E-state index contributed by atoms with van der Waals surface area (Å²) in [5.41, 5.74) is 2.84. The highest BCUT2D eigenvalue weighted by molar-refractivity contribution is 6.46. The van der Waals surface area contributed by atoms with Crippen LogP contribution in [0, 0.1) is 0 Å². The molecule has 2 aliphatic heterocycles. The number of nitrogens with zero attached hydrogens (tertiary/aromatic N) is 2. The number of aromatic nitrogens is 2. The number of carbonyl (C=O) groups is 2. The van der Waals surface area contributed by atoms with E-state index in [4.69, 9.17) is 9.47 Å². The Morgan fingerprint density at radius 3 is 2.63 bits per heavy atom. The number of hydrogen-bond donors (Lipinski definition) is 2. The molecule has 1 saturated heterocycles. The third-order valence-electron chi connectivity index (χ3n) is 6.37. The third-order valence-corrected chi connectivity index (χ3v) is 6.37. The van der Waals surface area contributed by atoms with Crippen LogP contribution in [-0.2, 0) is 16.1 Å². The molecular weight excluding hydrogens is 446 g/mol. The highest BCUT2D eigenvalue weighted by Crippen LogP contribution is 2.43. The van der Waals surface area contributed by atoms with E-state index in [1.165, 1.54) is 4.90 Å². The van der Waals surface area contributed by atoms with E-state index in [2.05, 4.69) is 9.97 Å². The molecule has 2 aromatic heterocycles. The van der Waals surface area contributed by atoms with Crippen molar-refractivity contribution in [3.63, 3.8) is 0 Å². The number of fused-ring (bicyclic) bond motifs is 2. The molecule has 8 heteroatoms. The number of rotatable bonds is 4. The number of Topliss-reactive ketones (excluding diaryl/α,β-unsaturated/α-hetero) is 1. The van der Waals surface area contributed by atoms with Gasteiger partial charge in [0.15, 0.2) is 11.5 Å². The number of pyridine rings is 1. The van der Waals surface area contributed by atoms with Crippen molar-refractivity contribution in [1.29, 1.82) is 0 Å².